The van der Waals surface area contributed by atoms with Crippen LogP contribution >= 0.6 is 15.9 Å². The molecule has 0 N–H and O–H groups in total. The number of hydrogen-bond acceptors (Lipinski definition) is 2. The van der Waals surface area contributed by atoms with E-state index < -0.39 is 0 Å². The molecule has 0 unspecified atom stereocenters. The summed E-state index contributed by atoms with van der Waals surface area (Å²) in [6.07, 6.45) is -0.0770. The fraction of sp³-hybridized carbons (Fsp3) is 0.167. The highest BCUT2D eigenvalue weighted by atomic mass is 79.9. The molecule has 15 heavy (non-hydrogen) atoms. The maximum atomic E-state index is 11.3. The Bertz CT molecular complexity index is 445. The highest BCUT2D eigenvalue weighted by Crippen LogP contribution is 2.05. The lowest BCUT2D eigenvalue weighted by molar-refractivity contribution is 0.0998. The van der Waals surface area contributed by atoms with E-state index in [1.807, 2.05) is 6.07 Å². The molecule has 0 aliphatic carbocycles. The zero-order valence-corrected chi connectivity index (χ0v) is 9.54. The predicted octanol–water partition coefficient (Wildman–Crippen LogP) is 2.53. The molecule has 0 aliphatic rings. The van der Waals surface area contributed by atoms with Gasteiger partial charge in [0.15, 0.2) is 5.78 Å². The molecule has 1 aromatic rings. The van der Waals surface area contributed by atoms with Crippen LogP contribution in [0.15, 0.2) is 24.3 Å². The van der Waals surface area contributed by atoms with Gasteiger partial charge in [0.2, 0.25) is 0 Å². The first kappa shape index (κ1) is 11.5. The Hall–Kier alpha value is -1.58. The number of rotatable bonds is 2. The van der Waals surface area contributed by atoms with Crippen LogP contribution in [0.25, 0.3) is 0 Å². The number of carbonyl (C=O) groups excluding carboxylic acids is 1. The molecule has 1 aromatic carbocycles. The molecule has 0 bridgehead atoms. The van der Waals surface area contributed by atoms with Gasteiger partial charge in [-0.15, -0.1) is 0 Å². The highest BCUT2D eigenvalue weighted by molar-refractivity contribution is 9.09. The molecule has 0 radical (unpaired) electrons. The summed E-state index contributed by atoms with van der Waals surface area (Å²) in [5, 5.41) is 9.00. The molecule has 0 heterocycles. The van der Waals surface area contributed by atoms with Gasteiger partial charge in [-0.05, 0) is 12.1 Å². The third-order valence-electron chi connectivity index (χ3n) is 1.75. The van der Waals surface area contributed by atoms with Crippen molar-refractivity contribution in [3.05, 3.63) is 35.4 Å². The van der Waals surface area contributed by atoms with Gasteiger partial charge in [-0.3, -0.25) is 4.79 Å². The first-order valence-corrected chi connectivity index (χ1v) is 5.45. The average Bonchev–Trinajstić information content (AvgIpc) is 2.27. The summed E-state index contributed by atoms with van der Waals surface area (Å²) in [5.41, 5.74) is 1.42. The Kier molecular flexibility index (Phi) is 4.60. The van der Waals surface area contributed by atoms with Crippen molar-refractivity contribution < 1.29 is 4.79 Å². The van der Waals surface area contributed by atoms with Crippen molar-refractivity contribution in [1.29, 1.82) is 5.26 Å². The second kappa shape index (κ2) is 6.01. The van der Waals surface area contributed by atoms with Crippen LogP contribution < -0.4 is 0 Å². The quantitative estimate of drug-likeness (QED) is 0.467. The number of hydrogen-bond donors (Lipinski definition) is 0. The number of Topliss-reactive ketones (excluding diaryl/α,β-unsaturated/α-hetero) is 1. The minimum atomic E-state index is -0.155. The molecule has 0 aliphatic heterocycles. The Morgan fingerprint density at radius 2 is 2.00 bits per heavy atom. The van der Waals surface area contributed by atoms with Crippen LogP contribution in [0.2, 0.25) is 0 Å². The van der Waals surface area contributed by atoms with E-state index in [1.54, 1.807) is 24.3 Å². The van der Waals surface area contributed by atoms with Crippen molar-refractivity contribution in [3.8, 4) is 17.9 Å². The van der Waals surface area contributed by atoms with Gasteiger partial charge in [-0.1, -0.05) is 39.9 Å². The summed E-state index contributed by atoms with van der Waals surface area (Å²) in [7, 11) is 0. The topological polar surface area (TPSA) is 40.9 Å². The second-order valence-corrected chi connectivity index (χ2v) is 3.33. The molecule has 0 aromatic heterocycles. The largest absolute Gasteiger partial charge is 0.293 e. The lowest BCUT2D eigenvalue weighted by Crippen LogP contribution is -1.96. The standard InChI is InChI=1S/C12H8BrNO/c13-8-1-2-10-3-5-11(6-4-10)12(15)7-9-14/h3-6H,7-8H2. The third kappa shape index (κ3) is 3.58. The molecule has 1 rings (SSSR count). The van der Waals surface area contributed by atoms with Gasteiger partial charge >= 0.3 is 0 Å². The van der Waals surface area contributed by atoms with Crippen molar-refractivity contribution in [2.75, 3.05) is 5.33 Å². The highest BCUT2D eigenvalue weighted by Gasteiger charge is 2.03. The zero-order valence-electron chi connectivity index (χ0n) is 7.96. The fourth-order valence-corrected chi connectivity index (χ4v) is 1.19. The molecule has 0 saturated heterocycles. The lowest BCUT2D eigenvalue weighted by Gasteiger charge is -1.96. The van der Waals surface area contributed by atoms with Gasteiger partial charge in [0.05, 0.1) is 17.8 Å². The summed E-state index contributed by atoms with van der Waals surface area (Å²) in [5.74, 6) is 5.63. The molecule has 0 fully saturated rings. The monoisotopic (exact) mass is 261 g/mol. The summed E-state index contributed by atoms with van der Waals surface area (Å²) < 4.78 is 0. The first-order valence-electron chi connectivity index (χ1n) is 4.33. The Morgan fingerprint density at radius 3 is 2.53 bits per heavy atom. The fourth-order valence-electron chi connectivity index (χ4n) is 1.05. The van der Waals surface area contributed by atoms with Crippen molar-refractivity contribution in [1.82, 2.24) is 0 Å². The smallest absolute Gasteiger partial charge is 0.176 e. The number of ketones is 1. The summed E-state index contributed by atoms with van der Waals surface area (Å²) in [4.78, 5) is 11.3. The number of alkyl halides is 1. The third-order valence-corrected chi connectivity index (χ3v) is 2.03. The van der Waals surface area contributed by atoms with Crippen molar-refractivity contribution in [3.63, 3.8) is 0 Å². The number of benzene rings is 1. The van der Waals surface area contributed by atoms with Crippen molar-refractivity contribution in [2.24, 2.45) is 0 Å². The van der Waals surface area contributed by atoms with Crippen molar-refractivity contribution in [2.45, 2.75) is 6.42 Å². The van der Waals surface area contributed by atoms with Crippen LogP contribution in [0, 0.1) is 23.2 Å². The first-order chi connectivity index (χ1) is 7.27. The van der Waals surface area contributed by atoms with Gasteiger partial charge in [-0.25, -0.2) is 0 Å². The van der Waals surface area contributed by atoms with E-state index in [0.29, 0.717) is 10.9 Å². The number of nitrogens with zero attached hydrogens (tertiary/aromatic N) is 1. The Morgan fingerprint density at radius 1 is 1.33 bits per heavy atom. The molecular weight excluding hydrogens is 254 g/mol. The van der Waals surface area contributed by atoms with Gasteiger partial charge in [0.1, 0.15) is 0 Å². The molecular formula is C12H8BrNO. The van der Waals surface area contributed by atoms with E-state index in [-0.39, 0.29) is 12.2 Å². The van der Waals surface area contributed by atoms with E-state index >= 15 is 0 Å². The summed E-state index contributed by atoms with van der Waals surface area (Å²) in [6.45, 7) is 0. The molecule has 3 heteroatoms. The molecule has 74 valence electrons. The SMILES string of the molecule is N#CCC(=O)c1ccc(C#CCBr)cc1. The molecule has 0 amide bonds. The summed E-state index contributed by atoms with van der Waals surface area (Å²) in [6, 6.07) is 8.77. The normalized spacial score (nSPS) is 8.53. The molecule has 0 atom stereocenters. The van der Waals surface area contributed by atoms with E-state index in [0.717, 1.165) is 5.56 Å². The Balaban J connectivity index is 2.81. The van der Waals surface area contributed by atoms with Gasteiger partial charge < -0.3 is 0 Å². The molecule has 0 saturated carbocycles. The van der Waals surface area contributed by atoms with Crippen LogP contribution in [-0.4, -0.2) is 11.1 Å². The van der Waals surface area contributed by atoms with Crippen LogP contribution in [0.1, 0.15) is 22.3 Å². The number of carbonyl (C=O) groups is 1. The molecule has 0 spiro atoms. The van der Waals surface area contributed by atoms with Crippen LogP contribution in [-0.2, 0) is 0 Å². The number of nitriles is 1. The van der Waals surface area contributed by atoms with Crippen LogP contribution in [0.3, 0.4) is 0 Å². The minimum absolute atomic E-state index is 0.0770. The van der Waals surface area contributed by atoms with E-state index in [2.05, 4.69) is 27.8 Å². The lowest BCUT2D eigenvalue weighted by atomic mass is 10.1. The minimum Gasteiger partial charge on any atom is -0.293 e. The van der Waals surface area contributed by atoms with E-state index in [1.165, 1.54) is 0 Å². The van der Waals surface area contributed by atoms with Crippen LogP contribution in [0.5, 0.6) is 0 Å². The molecule has 2 nitrogen and oxygen atoms in total. The second-order valence-electron chi connectivity index (χ2n) is 2.77. The van der Waals surface area contributed by atoms with E-state index in [4.69, 9.17) is 5.26 Å². The zero-order chi connectivity index (χ0) is 11.1. The predicted molar refractivity (Wildman–Crippen MR) is 61.7 cm³/mol. The van der Waals surface area contributed by atoms with E-state index in [9.17, 15) is 4.79 Å². The van der Waals surface area contributed by atoms with Gasteiger partial charge in [0.25, 0.3) is 0 Å². The maximum Gasteiger partial charge on any atom is 0.176 e. The van der Waals surface area contributed by atoms with Gasteiger partial charge in [-0.2, -0.15) is 5.26 Å². The van der Waals surface area contributed by atoms with Gasteiger partial charge in [0, 0.05) is 11.1 Å². The summed E-state index contributed by atoms with van der Waals surface area (Å²) >= 11 is 3.20. The Labute approximate surface area is 97.0 Å². The number of halogens is 1. The average molecular weight is 262 g/mol. The van der Waals surface area contributed by atoms with Crippen LogP contribution in [0.4, 0.5) is 0 Å². The van der Waals surface area contributed by atoms with Crippen molar-refractivity contribution >= 4 is 21.7 Å². The maximum absolute atomic E-state index is 11.3.